The van der Waals surface area contributed by atoms with Gasteiger partial charge in [-0.15, -0.1) is 0 Å². The van der Waals surface area contributed by atoms with Crippen molar-refractivity contribution in [3.63, 3.8) is 0 Å². The van der Waals surface area contributed by atoms with Crippen LogP contribution in [-0.2, 0) is 4.74 Å². The maximum Gasteiger partial charge on any atom is 0.505 e. The quantitative estimate of drug-likeness (QED) is 0.537. The molecule has 0 spiro atoms. The Hall–Kier alpha value is -1.51. The molecule has 0 aromatic rings. The smallest absolute Gasteiger partial charge is 0.450 e. The van der Waals surface area contributed by atoms with Crippen LogP contribution in [0.2, 0.25) is 0 Å². The Labute approximate surface area is 150 Å². The van der Waals surface area contributed by atoms with Gasteiger partial charge in [-0.2, -0.15) is 0 Å². The van der Waals surface area contributed by atoms with Crippen LogP contribution in [0, 0.1) is 35.0 Å². The molecule has 0 bridgehead atoms. The number of allylic oxidation sites excluding steroid dienone is 5. The Balaban J connectivity index is 1.54. The van der Waals surface area contributed by atoms with Crippen LogP contribution in [0.5, 0.6) is 0 Å². The third-order valence-corrected chi connectivity index (χ3v) is 7.86. The van der Waals surface area contributed by atoms with E-state index in [1.807, 2.05) is 0 Å². The Morgan fingerprint density at radius 3 is 3.04 bits per heavy atom. The minimum Gasteiger partial charge on any atom is -0.450 e. The van der Waals surface area contributed by atoms with Crippen LogP contribution in [0.1, 0.15) is 51.9 Å². The Morgan fingerprint density at radius 1 is 1.40 bits per heavy atom. The fourth-order valence-corrected chi connectivity index (χ4v) is 6.75. The first-order valence-electron chi connectivity index (χ1n) is 9.90. The summed E-state index contributed by atoms with van der Waals surface area (Å²) in [5.41, 5.74) is 3.20. The van der Waals surface area contributed by atoms with Crippen LogP contribution >= 0.6 is 0 Å². The molecular weight excluding hydrogens is 312 g/mol. The number of carboxylic acid groups (broad SMARTS) is 1. The van der Waals surface area contributed by atoms with Gasteiger partial charge in [0.15, 0.2) is 0 Å². The third-order valence-electron chi connectivity index (χ3n) is 7.86. The number of carbonyl (C=O) groups is 1. The number of rotatable bonds is 3. The van der Waals surface area contributed by atoms with Gasteiger partial charge in [0.05, 0.1) is 6.61 Å². The van der Waals surface area contributed by atoms with Crippen LogP contribution < -0.4 is 0 Å². The first-order valence-corrected chi connectivity index (χ1v) is 9.90. The SMILES string of the molecule is C=C1C[C@H]2[C@@H]3CC=C4C=CCC[C@@H]4[C@H]3CC[C@]2(C)[C@@H]1CCOC(=O)O. The molecule has 0 saturated heterocycles. The van der Waals surface area contributed by atoms with E-state index < -0.39 is 6.16 Å². The van der Waals surface area contributed by atoms with E-state index in [1.165, 1.54) is 37.7 Å². The molecule has 0 heterocycles. The standard InChI is InChI=1S/C22H30O3/c1-14-13-20-18-8-7-15-5-3-4-6-16(15)17(18)9-11-22(20,2)19(14)10-12-25-21(23)24/h3,5,7,16-20H,1,4,6,8-13H2,2H3,(H,23,24)/t16-,17+,18+,19+,20-,22+/m0/s1. The minimum absolute atomic E-state index is 0.274. The second-order valence-electron chi connectivity index (χ2n) is 8.82. The van der Waals surface area contributed by atoms with E-state index in [4.69, 9.17) is 9.84 Å². The van der Waals surface area contributed by atoms with Crippen molar-refractivity contribution in [3.05, 3.63) is 36.0 Å². The predicted octanol–water partition coefficient (Wildman–Crippen LogP) is 5.59. The topological polar surface area (TPSA) is 46.5 Å². The van der Waals surface area contributed by atoms with Crippen molar-refractivity contribution in [3.8, 4) is 0 Å². The fourth-order valence-electron chi connectivity index (χ4n) is 6.75. The minimum atomic E-state index is -1.16. The normalized spacial score (nSPS) is 42.2. The van der Waals surface area contributed by atoms with Gasteiger partial charge in [0, 0.05) is 0 Å². The Kier molecular flexibility index (Phi) is 4.29. The molecule has 1 N–H and O–H groups in total. The molecule has 25 heavy (non-hydrogen) atoms. The summed E-state index contributed by atoms with van der Waals surface area (Å²) in [4.78, 5) is 10.7. The predicted molar refractivity (Wildman–Crippen MR) is 98.2 cm³/mol. The average Bonchev–Trinajstić information content (AvgIpc) is 2.85. The molecule has 3 nitrogen and oxygen atoms in total. The van der Waals surface area contributed by atoms with Gasteiger partial charge in [-0.3, -0.25) is 0 Å². The van der Waals surface area contributed by atoms with Gasteiger partial charge < -0.3 is 9.84 Å². The van der Waals surface area contributed by atoms with Crippen molar-refractivity contribution >= 4 is 6.16 Å². The number of hydrogen-bond donors (Lipinski definition) is 1. The lowest BCUT2D eigenvalue weighted by Gasteiger charge is -2.52. The van der Waals surface area contributed by atoms with E-state index in [-0.39, 0.29) is 5.41 Å². The summed E-state index contributed by atoms with van der Waals surface area (Å²) in [7, 11) is 0. The second kappa shape index (κ2) is 6.34. The number of ether oxygens (including phenoxy) is 1. The van der Waals surface area contributed by atoms with Gasteiger partial charge in [0.2, 0.25) is 0 Å². The van der Waals surface area contributed by atoms with Crippen LogP contribution in [0.25, 0.3) is 0 Å². The maximum atomic E-state index is 10.7. The molecule has 0 aromatic heterocycles. The summed E-state index contributed by atoms with van der Waals surface area (Å²) in [6.07, 6.45) is 14.3. The summed E-state index contributed by atoms with van der Waals surface area (Å²) in [5, 5.41) is 8.76. The lowest BCUT2D eigenvalue weighted by Crippen LogP contribution is -2.45. The van der Waals surface area contributed by atoms with Crippen molar-refractivity contribution in [1.82, 2.24) is 0 Å². The summed E-state index contributed by atoms with van der Waals surface area (Å²) in [6, 6.07) is 0. The summed E-state index contributed by atoms with van der Waals surface area (Å²) < 4.78 is 4.81. The van der Waals surface area contributed by atoms with E-state index in [0.29, 0.717) is 18.4 Å². The lowest BCUT2D eigenvalue weighted by atomic mass is 9.52. The molecule has 3 heteroatoms. The van der Waals surface area contributed by atoms with E-state index in [0.717, 1.165) is 30.6 Å². The van der Waals surface area contributed by atoms with Crippen LogP contribution in [0.15, 0.2) is 36.0 Å². The summed E-state index contributed by atoms with van der Waals surface area (Å²) in [5.74, 6) is 3.51. The molecule has 4 aliphatic carbocycles. The molecule has 0 unspecified atom stereocenters. The Morgan fingerprint density at radius 2 is 2.24 bits per heavy atom. The number of hydrogen-bond acceptors (Lipinski definition) is 2. The molecule has 4 aliphatic rings. The highest BCUT2D eigenvalue weighted by molar-refractivity contribution is 5.56. The maximum absolute atomic E-state index is 10.7. The molecular formula is C22H30O3. The van der Waals surface area contributed by atoms with Crippen molar-refractivity contribution in [2.75, 3.05) is 6.61 Å². The molecule has 136 valence electrons. The van der Waals surface area contributed by atoms with Gasteiger partial charge in [0.25, 0.3) is 0 Å². The Bertz CT molecular complexity index is 631. The second-order valence-corrected chi connectivity index (χ2v) is 8.82. The highest BCUT2D eigenvalue weighted by Gasteiger charge is 2.56. The molecule has 6 atom stereocenters. The van der Waals surface area contributed by atoms with E-state index in [2.05, 4.69) is 31.7 Å². The van der Waals surface area contributed by atoms with Gasteiger partial charge >= 0.3 is 6.16 Å². The van der Waals surface area contributed by atoms with Gasteiger partial charge in [-0.05, 0) is 85.5 Å². The number of fused-ring (bicyclic) bond motifs is 5. The largest absolute Gasteiger partial charge is 0.505 e. The highest BCUT2D eigenvalue weighted by Crippen LogP contribution is 2.64. The zero-order valence-corrected chi connectivity index (χ0v) is 15.2. The average molecular weight is 342 g/mol. The van der Waals surface area contributed by atoms with Crippen LogP contribution in [0.4, 0.5) is 4.79 Å². The lowest BCUT2D eigenvalue weighted by molar-refractivity contribution is -0.0139. The molecule has 0 aliphatic heterocycles. The van der Waals surface area contributed by atoms with E-state index in [9.17, 15) is 4.79 Å². The van der Waals surface area contributed by atoms with Gasteiger partial charge in [-0.1, -0.05) is 37.3 Å². The van der Waals surface area contributed by atoms with Crippen LogP contribution in [0.3, 0.4) is 0 Å². The molecule has 0 aromatic carbocycles. The van der Waals surface area contributed by atoms with Crippen molar-refractivity contribution in [2.24, 2.45) is 35.0 Å². The monoisotopic (exact) mass is 342 g/mol. The molecule has 0 amide bonds. The van der Waals surface area contributed by atoms with Crippen molar-refractivity contribution < 1.29 is 14.6 Å². The zero-order chi connectivity index (χ0) is 17.6. The summed E-state index contributed by atoms with van der Waals surface area (Å²) in [6.45, 7) is 7.13. The molecule has 4 rings (SSSR count). The fraction of sp³-hybridized carbons (Fsp3) is 0.682. The first kappa shape index (κ1) is 16.9. The summed E-state index contributed by atoms with van der Waals surface area (Å²) >= 11 is 0. The van der Waals surface area contributed by atoms with E-state index in [1.54, 1.807) is 5.57 Å². The molecule has 2 saturated carbocycles. The zero-order valence-electron chi connectivity index (χ0n) is 15.2. The van der Waals surface area contributed by atoms with Crippen molar-refractivity contribution in [1.29, 1.82) is 0 Å². The third kappa shape index (κ3) is 2.76. The highest BCUT2D eigenvalue weighted by atomic mass is 16.7. The van der Waals surface area contributed by atoms with E-state index >= 15 is 0 Å². The molecule has 0 radical (unpaired) electrons. The molecule has 2 fully saturated rings. The van der Waals surface area contributed by atoms with Gasteiger partial charge in [0.1, 0.15) is 0 Å². The first-order chi connectivity index (χ1) is 12.0. The van der Waals surface area contributed by atoms with Crippen LogP contribution in [-0.4, -0.2) is 17.9 Å². The van der Waals surface area contributed by atoms with Gasteiger partial charge in [-0.25, -0.2) is 4.79 Å². The van der Waals surface area contributed by atoms with Crippen molar-refractivity contribution in [2.45, 2.75) is 51.9 Å².